The van der Waals surface area contributed by atoms with Gasteiger partial charge in [0.05, 0.1) is 5.38 Å². The molecule has 0 fully saturated rings. The number of benzene rings is 2. The molecular weight excluding hydrogens is 355 g/mol. The maximum absolute atomic E-state index is 6.54. The van der Waals surface area contributed by atoms with E-state index < -0.39 is 0 Å². The number of alkyl halides is 1. The molecule has 0 aromatic heterocycles. The molecule has 0 heterocycles. The Labute approximate surface area is 128 Å². The lowest BCUT2D eigenvalue weighted by molar-refractivity contribution is 0.558. The first kappa shape index (κ1) is 13.9. The minimum atomic E-state index is 0.0745. The Hall–Kier alpha value is -0.540. The number of hydrogen-bond donors (Lipinski definition) is 0. The maximum atomic E-state index is 6.54. The minimum absolute atomic E-state index is 0.0745. The minimum Gasteiger partial charge on any atom is -0.118 e. The third-order valence-electron chi connectivity index (χ3n) is 3.09. The van der Waals surface area contributed by atoms with E-state index >= 15 is 0 Å². The summed E-state index contributed by atoms with van der Waals surface area (Å²) in [5, 5.41) is 0.0745. The van der Waals surface area contributed by atoms with E-state index in [4.69, 9.17) is 11.6 Å². The lowest BCUT2D eigenvalue weighted by Crippen LogP contribution is -2.07. The Morgan fingerprint density at radius 2 is 1.61 bits per heavy atom. The highest BCUT2D eigenvalue weighted by Crippen LogP contribution is 2.31. The highest BCUT2D eigenvalue weighted by atomic mass is 127. The molecule has 2 atom stereocenters. The van der Waals surface area contributed by atoms with Crippen molar-refractivity contribution in [1.29, 1.82) is 0 Å². The first-order chi connectivity index (χ1) is 8.66. The van der Waals surface area contributed by atoms with Crippen LogP contribution < -0.4 is 0 Å². The van der Waals surface area contributed by atoms with Crippen LogP contribution in [0, 0.1) is 9.49 Å². The van der Waals surface area contributed by atoms with Gasteiger partial charge in [0.1, 0.15) is 0 Å². The van der Waals surface area contributed by atoms with Crippen LogP contribution in [0.1, 0.15) is 23.4 Å². The quantitative estimate of drug-likeness (QED) is 0.496. The van der Waals surface area contributed by atoms with E-state index in [-0.39, 0.29) is 5.38 Å². The molecule has 0 N–H and O–H groups in total. The summed E-state index contributed by atoms with van der Waals surface area (Å²) < 4.78 is 1.27. The standard InChI is InChI=1S/C16H16ClI/c1-12(11-13-7-9-15(18)10-8-13)16(17)14-5-3-2-4-6-14/h2-10,12,16H,11H2,1H3. The van der Waals surface area contributed by atoms with E-state index in [0.29, 0.717) is 5.92 Å². The van der Waals surface area contributed by atoms with Gasteiger partial charge in [0.2, 0.25) is 0 Å². The van der Waals surface area contributed by atoms with Gasteiger partial charge in [-0.05, 0) is 58.2 Å². The van der Waals surface area contributed by atoms with E-state index in [1.165, 1.54) is 14.7 Å². The van der Waals surface area contributed by atoms with Crippen molar-refractivity contribution in [3.05, 3.63) is 69.3 Å². The van der Waals surface area contributed by atoms with Crippen molar-refractivity contribution < 1.29 is 0 Å². The molecule has 0 spiro atoms. The summed E-state index contributed by atoms with van der Waals surface area (Å²) in [6.45, 7) is 2.21. The largest absolute Gasteiger partial charge is 0.118 e. The molecule has 18 heavy (non-hydrogen) atoms. The van der Waals surface area contributed by atoms with E-state index in [1.807, 2.05) is 18.2 Å². The molecule has 0 nitrogen and oxygen atoms in total. The van der Waals surface area contributed by atoms with Crippen molar-refractivity contribution in [3.63, 3.8) is 0 Å². The zero-order chi connectivity index (χ0) is 13.0. The SMILES string of the molecule is CC(Cc1ccc(I)cc1)C(Cl)c1ccccc1. The smallest absolute Gasteiger partial charge is 0.0613 e. The molecule has 0 amide bonds. The van der Waals surface area contributed by atoms with Gasteiger partial charge in [-0.15, -0.1) is 11.6 Å². The topological polar surface area (TPSA) is 0 Å². The Balaban J connectivity index is 2.03. The van der Waals surface area contributed by atoms with Crippen molar-refractivity contribution in [3.8, 4) is 0 Å². The molecule has 2 aromatic carbocycles. The van der Waals surface area contributed by atoms with E-state index in [2.05, 4.69) is 65.9 Å². The van der Waals surface area contributed by atoms with Crippen molar-refractivity contribution >= 4 is 34.2 Å². The van der Waals surface area contributed by atoms with Crippen LogP contribution in [-0.4, -0.2) is 0 Å². The maximum Gasteiger partial charge on any atom is 0.0613 e. The van der Waals surface area contributed by atoms with Gasteiger partial charge in [-0.25, -0.2) is 0 Å². The molecule has 0 saturated heterocycles. The first-order valence-electron chi connectivity index (χ1n) is 6.10. The summed E-state index contributed by atoms with van der Waals surface area (Å²) in [5.74, 6) is 0.425. The summed E-state index contributed by atoms with van der Waals surface area (Å²) in [6.07, 6.45) is 1.01. The number of halogens is 2. The van der Waals surface area contributed by atoms with Gasteiger partial charge in [0.15, 0.2) is 0 Å². The van der Waals surface area contributed by atoms with Crippen molar-refractivity contribution in [2.75, 3.05) is 0 Å². The molecule has 2 heteroatoms. The second kappa shape index (κ2) is 6.58. The zero-order valence-corrected chi connectivity index (χ0v) is 13.2. The van der Waals surface area contributed by atoms with Gasteiger partial charge in [0.25, 0.3) is 0 Å². The molecular formula is C16H16ClI. The van der Waals surface area contributed by atoms with Crippen molar-refractivity contribution in [2.45, 2.75) is 18.7 Å². The molecule has 0 radical (unpaired) electrons. The van der Waals surface area contributed by atoms with Gasteiger partial charge < -0.3 is 0 Å². The fourth-order valence-corrected chi connectivity index (χ4v) is 2.66. The van der Waals surface area contributed by atoms with Crippen LogP contribution in [0.4, 0.5) is 0 Å². The second-order valence-electron chi connectivity index (χ2n) is 4.62. The molecule has 94 valence electrons. The van der Waals surface area contributed by atoms with Crippen molar-refractivity contribution in [1.82, 2.24) is 0 Å². The summed E-state index contributed by atoms with van der Waals surface area (Å²) in [4.78, 5) is 0. The fraction of sp³-hybridized carbons (Fsp3) is 0.250. The molecule has 0 saturated carbocycles. The Morgan fingerprint density at radius 1 is 1.00 bits per heavy atom. The molecule has 0 aliphatic carbocycles. The molecule has 2 aromatic rings. The van der Waals surface area contributed by atoms with Crippen LogP contribution in [0.5, 0.6) is 0 Å². The van der Waals surface area contributed by atoms with Crippen molar-refractivity contribution in [2.24, 2.45) is 5.92 Å². The first-order valence-corrected chi connectivity index (χ1v) is 7.62. The lowest BCUT2D eigenvalue weighted by Gasteiger charge is -2.18. The van der Waals surface area contributed by atoms with Crippen LogP contribution in [0.3, 0.4) is 0 Å². The Kier molecular flexibility index (Phi) is 5.07. The predicted octanol–water partition coefficient (Wildman–Crippen LogP) is 5.45. The average molecular weight is 371 g/mol. The predicted molar refractivity (Wildman–Crippen MR) is 87.1 cm³/mol. The third-order valence-corrected chi connectivity index (χ3v) is 4.49. The van der Waals surface area contributed by atoms with E-state index in [0.717, 1.165) is 6.42 Å². The zero-order valence-electron chi connectivity index (χ0n) is 10.3. The number of rotatable bonds is 4. The number of hydrogen-bond acceptors (Lipinski definition) is 0. The average Bonchev–Trinajstić information content (AvgIpc) is 2.41. The monoisotopic (exact) mass is 370 g/mol. The summed E-state index contributed by atoms with van der Waals surface area (Å²) in [6, 6.07) is 19.0. The lowest BCUT2D eigenvalue weighted by atomic mass is 9.94. The van der Waals surface area contributed by atoms with Gasteiger partial charge in [-0.3, -0.25) is 0 Å². The summed E-state index contributed by atoms with van der Waals surface area (Å²) in [7, 11) is 0. The highest BCUT2D eigenvalue weighted by molar-refractivity contribution is 14.1. The molecule has 0 aliphatic heterocycles. The van der Waals surface area contributed by atoms with Gasteiger partial charge in [-0.1, -0.05) is 49.4 Å². The highest BCUT2D eigenvalue weighted by Gasteiger charge is 2.16. The molecule has 2 unspecified atom stereocenters. The Morgan fingerprint density at radius 3 is 2.22 bits per heavy atom. The Bertz CT molecular complexity index is 478. The summed E-state index contributed by atoms with van der Waals surface area (Å²) >= 11 is 8.86. The molecule has 2 rings (SSSR count). The van der Waals surface area contributed by atoms with E-state index in [9.17, 15) is 0 Å². The van der Waals surface area contributed by atoms with Gasteiger partial charge in [-0.2, -0.15) is 0 Å². The van der Waals surface area contributed by atoms with E-state index in [1.54, 1.807) is 0 Å². The summed E-state index contributed by atoms with van der Waals surface area (Å²) in [5.41, 5.74) is 2.56. The van der Waals surface area contributed by atoms with Gasteiger partial charge in [0, 0.05) is 3.57 Å². The third kappa shape index (κ3) is 3.72. The van der Waals surface area contributed by atoms with Gasteiger partial charge >= 0.3 is 0 Å². The molecule has 0 bridgehead atoms. The second-order valence-corrected chi connectivity index (χ2v) is 6.34. The van der Waals surface area contributed by atoms with Crippen LogP contribution in [-0.2, 0) is 6.42 Å². The van der Waals surface area contributed by atoms with Crippen LogP contribution >= 0.6 is 34.2 Å². The normalized spacial score (nSPS) is 14.2. The van der Waals surface area contributed by atoms with Crippen LogP contribution in [0.2, 0.25) is 0 Å². The van der Waals surface area contributed by atoms with Crippen LogP contribution in [0.25, 0.3) is 0 Å². The fourth-order valence-electron chi connectivity index (χ4n) is 2.06. The van der Waals surface area contributed by atoms with Crippen LogP contribution in [0.15, 0.2) is 54.6 Å². The molecule has 0 aliphatic rings.